The van der Waals surface area contributed by atoms with E-state index in [2.05, 4.69) is 26.2 Å². The van der Waals surface area contributed by atoms with E-state index in [1.165, 1.54) is 0 Å². The van der Waals surface area contributed by atoms with Gasteiger partial charge in [-0.05, 0) is 50.2 Å². The molecule has 0 aliphatic rings. The molecule has 0 saturated heterocycles. The van der Waals surface area contributed by atoms with Crippen LogP contribution in [0.2, 0.25) is 5.02 Å². The number of nitrogens with one attached hydrogen (secondary N) is 1. The third-order valence-electron chi connectivity index (χ3n) is 3.00. The second-order valence-corrected chi connectivity index (χ2v) is 6.33. The van der Waals surface area contributed by atoms with Gasteiger partial charge in [0, 0.05) is 15.7 Å². The van der Waals surface area contributed by atoms with Gasteiger partial charge >= 0.3 is 0 Å². The Hall–Kier alpha value is -1.10. The number of aromatic nitrogens is 1. The van der Waals surface area contributed by atoms with E-state index in [0.717, 1.165) is 21.3 Å². The van der Waals surface area contributed by atoms with Gasteiger partial charge in [0.05, 0.1) is 18.3 Å². The Bertz CT molecular complexity index is 619. The topological polar surface area (TPSA) is 34.2 Å². The molecule has 1 aromatic heterocycles. The normalized spacial score (nSPS) is 12.5. The molecule has 0 fully saturated rings. The fourth-order valence-corrected chi connectivity index (χ4v) is 2.95. The first kappa shape index (κ1) is 16.3. The number of rotatable bonds is 5. The fourth-order valence-electron chi connectivity index (χ4n) is 2.17. The lowest BCUT2D eigenvalue weighted by molar-refractivity contribution is 0.241. The summed E-state index contributed by atoms with van der Waals surface area (Å²) in [6.45, 7) is 3.99. The Morgan fingerprint density at radius 3 is 2.62 bits per heavy atom. The smallest absolute Gasteiger partial charge is 0.138 e. The van der Waals surface area contributed by atoms with Gasteiger partial charge < -0.3 is 10.1 Å². The van der Waals surface area contributed by atoms with Crippen LogP contribution in [0.15, 0.2) is 41.1 Å². The quantitative estimate of drug-likeness (QED) is 0.837. The van der Waals surface area contributed by atoms with Crippen LogP contribution in [0.5, 0.6) is 5.75 Å². The van der Waals surface area contributed by atoms with Gasteiger partial charge in [0.25, 0.3) is 0 Å². The Morgan fingerprint density at radius 2 is 2.00 bits per heavy atom. The second-order valence-electron chi connectivity index (χ2n) is 5.01. The predicted octanol–water partition coefficient (Wildman–Crippen LogP) is 4.59. The Morgan fingerprint density at radius 1 is 1.24 bits per heavy atom. The molecule has 0 spiro atoms. The van der Waals surface area contributed by atoms with Crippen LogP contribution in [0.4, 0.5) is 0 Å². The van der Waals surface area contributed by atoms with E-state index in [-0.39, 0.29) is 12.1 Å². The van der Waals surface area contributed by atoms with Crippen LogP contribution in [0.25, 0.3) is 0 Å². The summed E-state index contributed by atoms with van der Waals surface area (Å²) in [7, 11) is 1.90. The van der Waals surface area contributed by atoms with Crippen molar-refractivity contribution in [2.45, 2.75) is 26.0 Å². The average Bonchev–Trinajstić information content (AvgIpc) is 2.41. The highest BCUT2D eigenvalue weighted by atomic mass is 79.9. The van der Waals surface area contributed by atoms with Crippen molar-refractivity contribution in [2.75, 3.05) is 7.05 Å². The molecule has 2 aromatic rings. The standard InChI is InChI=1S/C16H18BrClN2O/c1-10(2)21-13-6-11(8-20-9-13)16(19-3)14-5-4-12(17)7-15(14)18/h4-10,16,19H,1-3H3. The summed E-state index contributed by atoms with van der Waals surface area (Å²) in [6, 6.07) is 7.83. The summed E-state index contributed by atoms with van der Waals surface area (Å²) in [4.78, 5) is 4.26. The lowest BCUT2D eigenvalue weighted by Crippen LogP contribution is -2.18. The molecule has 0 saturated carbocycles. The van der Waals surface area contributed by atoms with Crippen molar-refractivity contribution in [3.8, 4) is 5.75 Å². The minimum absolute atomic E-state index is 0.0335. The molecule has 0 aliphatic heterocycles. The monoisotopic (exact) mass is 368 g/mol. The largest absolute Gasteiger partial charge is 0.489 e. The molecule has 0 amide bonds. The number of nitrogens with zero attached hydrogens (tertiary/aromatic N) is 1. The van der Waals surface area contributed by atoms with Crippen molar-refractivity contribution in [3.63, 3.8) is 0 Å². The van der Waals surface area contributed by atoms with E-state index >= 15 is 0 Å². The van der Waals surface area contributed by atoms with Gasteiger partial charge in [0.15, 0.2) is 0 Å². The minimum atomic E-state index is -0.0335. The zero-order valence-electron chi connectivity index (χ0n) is 12.2. The molecule has 1 aromatic carbocycles. The highest BCUT2D eigenvalue weighted by Gasteiger charge is 2.16. The van der Waals surface area contributed by atoms with Crippen LogP contribution in [0, 0.1) is 0 Å². The van der Waals surface area contributed by atoms with Crippen molar-refractivity contribution in [2.24, 2.45) is 0 Å². The van der Waals surface area contributed by atoms with Gasteiger partial charge in [-0.25, -0.2) is 0 Å². The number of halogens is 2. The molecule has 1 heterocycles. The molecule has 1 unspecified atom stereocenters. The zero-order valence-corrected chi connectivity index (χ0v) is 14.6. The molecule has 0 aliphatic carbocycles. The first-order valence-corrected chi connectivity index (χ1v) is 7.92. The third kappa shape index (κ3) is 4.19. The van der Waals surface area contributed by atoms with Crippen LogP contribution in [-0.2, 0) is 0 Å². The number of pyridine rings is 1. The molecular weight excluding hydrogens is 352 g/mol. The zero-order chi connectivity index (χ0) is 15.4. The predicted molar refractivity (Wildman–Crippen MR) is 90.1 cm³/mol. The van der Waals surface area contributed by atoms with Crippen molar-refractivity contribution in [1.82, 2.24) is 10.3 Å². The summed E-state index contributed by atoms with van der Waals surface area (Å²) < 4.78 is 6.66. The van der Waals surface area contributed by atoms with Crippen molar-refractivity contribution >= 4 is 27.5 Å². The molecule has 0 radical (unpaired) electrons. The van der Waals surface area contributed by atoms with Crippen molar-refractivity contribution in [1.29, 1.82) is 0 Å². The Balaban J connectivity index is 2.37. The van der Waals surface area contributed by atoms with E-state index in [9.17, 15) is 0 Å². The van der Waals surface area contributed by atoms with Crippen LogP contribution in [0.1, 0.15) is 31.0 Å². The number of hydrogen-bond donors (Lipinski definition) is 1. The van der Waals surface area contributed by atoms with E-state index < -0.39 is 0 Å². The molecule has 112 valence electrons. The third-order valence-corrected chi connectivity index (χ3v) is 3.82. The van der Waals surface area contributed by atoms with Crippen LogP contribution < -0.4 is 10.1 Å². The van der Waals surface area contributed by atoms with E-state index in [0.29, 0.717) is 5.02 Å². The average molecular weight is 370 g/mol. The minimum Gasteiger partial charge on any atom is -0.489 e. The first-order chi connectivity index (χ1) is 10.0. The SMILES string of the molecule is CNC(c1cncc(OC(C)C)c1)c1ccc(Br)cc1Cl. The highest BCUT2D eigenvalue weighted by Crippen LogP contribution is 2.31. The number of benzene rings is 1. The molecule has 5 heteroatoms. The summed E-state index contributed by atoms with van der Waals surface area (Å²) in [5.74, 6) is 0.760. The lowest BCUT2D eigenvalue weighted by atomic mass is 10.0. The lowest BCUT2D eigenvalue weighted by Gasteiger charge is -2.19. The van der Waals surface area contributed by atoms with E-state index in [1.54, 1.807) is 6.20 Å². The van der Waals surface area contributed by atoms with Gasteiger partial charge in [-0.1, -0.05) is 33.6 Å². The Kier molecular flexibility index (Phi) is 5.62. The fraction of sp³-hybridized carbons (Fsp3) is 0.312. The van der Waals surface area contributed by atoms with Crippen LogP contribution in [0.3, 0.4) is 0 Å². The number of hydrogen-bond acceptors (Lipinski definition) is 3. The summed E-state index contributed by atoms with van der Waals surface area (Å²) in [5.41, 5.74) is 2.02. The number of ether oxygens (including phenoxy) is 1. The summed E-state index contributed by atoms with van der Waals surface area (Å²) in [5, 5.41) is 3.99. The van der Waals surface area contributed by atoms with Crippen LogP contribution in [-0.4, -0.2) is 18.1 Å². The maximum absolute atomic E-state index is 6.36. The summed E-state index contributed by atoms with van der Waals surface area (Å²) in [6.07, 6.45) is 3.66. The van der Waals surface area contributed by atoms with Gasteiger partial charge in [0.2, 0.25) is 0 Å². The second kappa shape index (κ2) is 7.25. The molecule has 1 atom stereocenters. The molecule has 0 bridgehead atoms. The molecule has 21 heavy (non-hydrogen) atoms. The summed E-state index contributed by atoms with van der Waals surface area (Å²) >= 11 is 9.78. The maximum Gasteiger partial charge on any atom is 0.138 e. The van der Waals surface area contributed by atoms with Gasteiger partial charge in [-0.3, -0.25) is 4.98 Å². The van der Waals surface area contributed by atoms with Crippen molar-refractivity contribution in [3.05, 3.63) is 57.3 Å². The van der Waals surface area contributed by atoms with Crippen LogP contribution >= 0.6 is 27.5 Å². The molecular formula is C16H18BrClN2O. The molecule has 3 nitrogen and oxygen atoms in total. The van der Waals surface area contributed by atoms with E-state index in [1.807, 2.05) is 51.4 Å². The Labute approximate surface area is 138 Å². The highest BCUT2D eigenvalue weighted by molar-refractivity contribution is 9.10. The first-order valence-electron chi connectivity index (χ1n) is 6.75. The maximum atomic E-state index is 6.36. The molecule has 1 N–H and O–H groups in total. The molecule has 2 rings (SSSR count). The van der Waals surface area contributed by atoms with Gasteiger partial charge in [-0.2, -0.15) is 0 Å². The van der Waals surface area contributed by atoms with Crippen molar-refractivity contribution < 1.29 is 4.74 Å². The van der Waals surface area contributed by atoms with Gasteiger partial charge in [-0.15, -0.1) is 0 Å². The van der Waals surface area contributed by atoms with E-state index in [4.69, 9.17) is 16.3 Å². The van der Waals surface area contributed by atoms with Gasteiger partial charge in [0.1, 0.15) is 5.75 Å².